The van der Waals surface area contributed by atoms with E-state index in [0.29, 0.717) is 50.3 Å². The second-order valence-corrected chi connectivity index (χ2v) is 15.1. The molecule has 1 amide bonds. The first-order chi connectivity index (χ1) is 24.1. The fourth-order valence-corrected chi connectivity index (χ4v) is 9.28. The number of rotatable bonds is 9. The minimum atomic E-state index is -1.64. The van der Waals surface area contributed by atoms with Crippen LogP contribution in [0.5, 0.6) is 0 Å². The van der Waals surface area contributed by atoms with E-state index >= 15 is 0 Å². The number of hydrogen-bond donors (Lipinski definition) is 0. The maximum Gasteiger partial charge on any atom is 0.336 e. The number of amides is 1. The predicted molar refractivity (Wildman–Crippen MR) is 189 cm³/mol. The molecule has 14 heteroatoms. The number of carbonyl (C=O) groups excluding carboxylic acids is 3. The van der Waals surface area contributed by atoms with Gasteiger partial charge < -0.3 is 23.8 Å². The molecular weight excluding hydrogens is 705 g/mol. The molecule has 50 heavy (non-hydrogen) atoms. The highest BCUT2D eigenvalue weighted by atomic mass is 35.5. The molecule has 0 aromatic heterocycles. The quantitative estimate of drug-likeness (QED) is 0.334. The zero-order valence-corrected chi connectivity index (χ0v) is 30.4. The number of methoxy groups -OCH3 is 2. The summed E-state index contributed by atoms with van der Waals surface area (Å²) in [6.45, 7) is 3.74. The number of carbonyl (C=O) groups is 3. The summed E-state index contributed by atoms with van der Waals surface area (Å²) >= 11 is 13.4. The number of benzene rings is 2. The third-order valence-corrected chi connectivity index (χ3v) is 12.1. The van der Waals surface area contributed by atoms with Crippen molar-refractivity contribution in [3.05, 3.63) is 75.4 Å². The Morgan fingerprint density at radius 3 is 2.16 bits per heavy atom. The van der Waals surface area contributed by atoms with Crippen LogP contribution in [-0.2, 0) is 44.1 Å². The van der Waals surface area contributed by atoms with Gasteiger partial charge in [0.15, 0.2) is 5.79 Å². The Hall–Kier alpha value is -3.13. The van der Waals surface area contributed by atoms with Crippen molar-refractivity contribution in [2.45, 2.75) is 54.7 Å². The number of halogens is 2. The Morgan fingerprint density at radius 2 is 1.56 bits per heavy atom. The highest BCUT2D eigenvalue weighted by Crippen LogP contribution is 2.46. The molecule has 4 aliphatic rings. The third kappa shape index (κ3) is 7.70. The first-order valence-electron chi connectivity index (χ1n) is 16.8. The van der Waals surface area contributed by atoms with Gasteiger partial charge >= 0.3 is 11.9 Å². The van der Waals surface area contributed by atoms with Gasteiger partial charge in [-0.05, 0) is 42.7 Å². The lowest BCUT2D eigenvalue weighted by molar-refractivity contribution is -0.184. The van der Waals surface area contributed by atoms with E-state index in [1.54, 1.807) is 47.4 Å². The van der Waals surface area contributed by atoms with Crippen LogP contribution in [0.25, 0.3) is 0 Å². The predicted octanol–water partition coefficient (Wildman–Crippen LogP) is 4.78. The molecule has 3 heterocycles. The summed E-state index contributed by atoms with van der Waals surface area (Å²) in [4.78, 5) is 50.8. The van der Waals surface area contributed by atoms with Gasteiger partial charge in [0.25, 0.3) is 0 Å². The van der Waals surface area contributed by atoms with Gasteiger partial charge in [0.2, 0.25) is 5.91 Å². The van der Waals surface area contributed by atoms with Crippen LogP contribution >= 0.6 is 23.2 Å². The molecule has 1 saturated carbocycles. The molecule has 3 atom stereocenters. The number of nitrogens with zero attached hydrogens (tertiary/aromatic N) is 3. The normalized spacial score (nSPS) is 23.4. The van der Waals surface area contributed by atoms with E-state index in [0.717, 1.165) is 25.7 Å². The number of aliphatic imine (C=N–C) groups is 1. The van der Waals surface area contributed by atoms with Crippen molar-refractivity contribution in [3.8, 4) is 0 Å². The first kappa shape index (κ1) is 36.7. The van der Waals surface area contributed by atoms with E-state index in [-0.39, 0.29) is 50.7 Å². The lowest BCUT2D eigenvalue weighted by Crippen LogP contribution is -2.54. The van der Waals surface area contributed by atoms with Crippen LogP contribution in [0, 0.1) is 5.92 Å². The highest BCUT2D eigenvalue weighted by molar-refractivity contribution is 7.85. The minimum Gasteiger partial charge on any atom is -0.468 e. The minimum absolute atomic E-state index is 0.0188. The molecule has 3 fully saturated rings. The summed E-state index contributed by atoms with van der Waals surface area (Å²) < 4.78 is 35.9. The SMILES string of the molecule is COC(=O)C1=C(CS(=O)c2ccccc2)N=C(CC(=O)N2CCN(C3CCC4(CC3)OCCO4)CC2)C(C(=O)OC)C1c1c(Cl)cccc1Cl. The molecule has 1 spiro atoms. The van der Waals surface area contributed by atoms with E-state index in [2.05, 4.69) is 4.90 Å². The number of hydrogen-bond acceptors (Lipinski definition) is 10. The molecule has 0 bridgehead atoms. The van der Waals surface area contributed by atoms with E-state index < -0.39 is 40.4 Å². The Kier molecular flexibility index (Phi) is 11.8. The fourth-order valence-electron chi connectivity index (χ4n) is 7.55. The average Bonchev–Trinajstić information content (AvgIpc) is 3.59. The third-order valence-electron chi connectivity index (χ3n) is 10.1. The zero-order chi connectivity index (χ0) is 35.4. The van der Waals surface area contributed by atoms with Gasteiger partial charge in [0.05, 0.1) is 61.7 Å². The fraction of sp³-hybridized carbons (Fsp3) is 0.500. The van der Waals surface area contributed by atoms with E-state index in [9.17, 15) is 18.6 Å². The van der Waals surface area contributed by atoms with Crippen molar-refractivity contribution in [2.24, 2.45) is 10.9 Å². The summed E-state index contributed by atoms with van der Waals surface area (Å²) in [5.74, 6) is -4.70. The smallest absolute Gasteiger partial charge is 0.336 e. The van der Waals surface area contributed by atoms with E-state index in [1.165, 1.54) is 14.2 Å². The van der Waals surface area contributed by atoms with Gasteiger partial charge in [-0.15, -0.1) is 0 Å². The van der Waals surface area contributed by atoms with Gasteiger partial charge in [0, 0.05) is 71.6 Å². The molecule has 3 unspecified atom stereocenters. The Bertz CT molecular complexity index is 1660. The molecule has 1 aliphatic carbocycles. The van der Waals surface area contributed by atoms with E-state index in [4.69, 9.17) is 47.1 Å². The molecular formula is C36H41Cl2N3O8S. The van der Waals surface area contributed by atoms with Crippen molar-refractivity contribution >= 4 is 57.6 Å². The second kappa shape index (κ2) is 16.0. The van der Waals surface area contributed by atoms with Crippen LogP contribution in [0.1, 0.15) is 43.6 Å². The molecule has 11 nitrogen and oxygen atoms in total. The molecule has 0 N–H and O–H groups in total. The lowest BCUT2D eigenvalue weighted by Gasteiger charge is -2.44. The Balaban J connectivity index is 1.29. The van der Waals surface area contributed by atoms with Crippen LogP contribution in [0.15, 0.2) is 69.7 Å². The summed E-state index contributed by atoms with van der Waals surface area (Å²) in [6, 6.07) is 14.0. The largest absolute Gasteiger partial charge is 0.468 e. The van der Waals surface area contributed by atoms with Crippen molar-refractivity contribution in [2.75, 3.05) is 59.4 Å². The first-order valence-corrected chi connectivity index (χ1v) is 18.9. The summed E-state index contributed by atoms with van der Waals surface area (Å²) in [5.41, 5.74) is 0.561. The molecule has 3 aliphatic heterocycles. The van der Waals surface area contributed by atoms with E-state index in [1.807, 2.05) is 6.07 Å². The van der Waals surface area contributed by atoms with Crippen LogP contribution in [0.4, 0.5) is 0 Å². The number of piperazine rings is 1. The van der Waals surface area contributed by atoms with Gasteiger partial charge in [-0.2, -0.15) is 0 Å². The van der Waals surface area contributed by atoms with Gasteiger partial charge in [0.1, 0.15) is 5.92 Å². The van der Waals surface area contributed by atoms with Crippen molar-refractivity contribution in [3.63, 3.8) is 0 Å². The van der Waals surface area contributed by atoms with Gasteiger partial charge in [-0.3, -0.25) is 23.7 Å². The maximum absolute atomic E-state index is 14.0. The van der Waals surface area contributed by atoms with Crippen LogP contribution in [0.2, 0.25) is 10.0 Å². The Labute approximate surface area is 304 Å². The van der Waals surface area contributed by atoms with Crippen molar-refractivity contribution < 1.29 is 37.5 Å². The van der Waals surface area contributed by atoms with Gasteiger partial charge in [-0.25, -0.2) is 4.79 Å². The average molecular weight is 747 g/mol. The molecule has 0 radical (unpaired) electrons. The summed E-state index contributed by atoms with van der Waals surface area (Å²) in [5, 5.41) is 0.398. The maximum atomic E-state index is 14.0. The molecule has 6 rings (SSSR count). The highest BCUT2D eigenvalue weighted by Gasteiger charge is 2.47. The molecule has 2 aromatic rings. The Morgan fingerprint density at radius 1 is 0.920 bits per heavy atom. The molecule has 268 valence electrons. The van der Waals surface area contributed by atoms with Crippen LogP contribution in [0.3, 0.4) is 0 Å². The number of ether oxygens (including phenoxy) is 4. The van der Waals surface area contributed by atoms with Crippen molar-refractivity contribution in [1.82, 2.24) is 9.80 Å². The topological polar surface area (TPSA) is 124 Å². The van der Waals surface area contributed by atoms with Crippen LogP contribution < -0.4 is 0 Å². The summed E-state index contributed by atoms with van der Waals surface area (Å²) in [6.07, 6.45) is 3.44. The summed E-state index contributed by atoms with van der Waals surface area (Å²) in [7, 11) is 0.801. The molecule has 2 aromatic carbocycles. The standard InChI is InChI=1S/C36H41Cl2N3O8S/c1-46-34(43)31-27(21-29(42)41-17-15-40(16-18-41)23-11-13-36(14-12-23)48-19-20-49-36)39-28(22-50(45)24-7-4-3-5-8-24)32(35(44)47-2)33(31)30-25(37)9-6-10-26(30)38/h3-10,23,31,33H,11-22H2,1-2H3. The second-order valence-electron chi connectivity index (χ2n) is 12.8. The monoisotopic (exact) mass is 745 g/mol. The lowest BCUT2D eigenvalue weighted by atomic mass is 9.74. The number of esters is 2. The molecule has 2 saturated heterocycles. The van der Waals surface area contributed by atoms with Gasteiger partial charge in [-0.1, -0.05) is 47.5 Å². The van der Waals surface area contributed by atoms with Crippen LogP contribution in [-0.4, -0.2) is 109 Å². The zero-order valence-electron chi connectivity index (χ0n) is 28.1. The van der Waals surface area contributed by atoms with Crippen molar-refractivity contribution in [1.29, 1.82) is 0 Å².